The predicted molar refractivity (Wildman–Crippen MR) is 111 cm³/mol. The Hall–Kier alpha value is -2.32. The van der Waals surface area contributed by atoms with Gasteiger partial charge in [-0.3, -0.25) is 4.79 Å². The zero-order chi connectivity index (χ0) is 19.5. The van der Waals surface area contributed by atoms with E-state index in [9.17, 15) is 10.1 Å². The lowest BCUT2D eigenvalue weighted by molar-refractivity contribution is 0.0645. The van der Waals surface area contributed by atoms with Crippen LogP contribution in [0, 0.1) is 17.2 Å². The minimum Gasteiger partial charge on any atom is -0.346 e. The summed E-state index contributed by atoms with van der Waals surface area (Å²) in [4.78, 5) is 17.7. The molecule has 1 amide bonds. The van der Waals surface area contributed by atoms with Crippen LogP contribution in [-0.4, -0.2) is 53.0 Å². The van der Waals surface area contributed by atoms with Crippen molar-refractivity contribution < 1.29 is 4.79 Å². The van der Waals surface area contributed by atoms with Crippen LogP contribution in [0.1, 0.15) is 54.9 Å². The van der Waals surface area contributed by atoms with Crippen molar-refractivity contribution in [1.82, 2.24) is 14.4 Å². The number of hydrogen-bond acceptors (Lipinski definition) is 3. The topological polar surface area (TPSA) is 52.3 Å². The monoisotopic (exact) mass is 378 g/mol. The van der Waals surface area contributed by atoms with Crippen LogP contribution in [0.15, 0.2) is 24.4 Å². The number of piperazine rings is 1. The van der Waals surface area contributed by atoms with Gasteiger partial charge in [0.1, 0.15) is 0 Å². The molecule has 2 heterocycles. The van der Waals surface area contributed by atoms with Crippen LogP contribution < -0.4 is 0 Å². The zero-order valence-electron chi connectivity index (χ0n) is 16.9. The van der Waals surface area contributed by atoms with E-state index in [4.69, 9.17) is 0 Å². The fourth-order valence-electron chi connectivity index (χ4n) is 4.77. The molecule has 148 valence electrons. The number of likely N-dealkylation sites (N-methyl/N-ethyl adjacent to an activating group) is 1. The van der Waals surface area contributed by atoms with Gasteiger partial charge in [0.05, 0.1) is 22.7 Å². The summed E-state index contributed by atoms with van der Waals surface area (Å²) in [5.41, 5.74) is 2.48. The molecule has 1 aliphatic heterocycles. The van der Waals surface area contributed by atoms with Crippen LogP contribution in [0.2, 0.25) is 0 Å². The number of benzene rings is 1. The van der Waals surface area contributed by atoms with Crippen LogP contribution in [0.25, 0.3) is 10.9 Å². The summed E-state index contributed by atoms with van der Waals surface area (Å²) in [7, 11) is 0. The van der Waals surface area contributed by atoms with Crippen molar-refractivity contribution in [3.05, 3.63) is 35.5 Å². The van der Waals surface area contributed by atoms with E-state index in [1.54, 1.807) is 0 Å². The summed E-state index contributed by atoms with van der Waals surface area (Å²) in [6, 6.07) is 7.99. The number of hydrogen-bond donors (Lipinski definition) is 0. The van der Waals surface area contributed by atoms with Gasteiger partial charge < -0.3 is 14.4 Å². The number of carbonyl (C=O) groups excluding carboxylic acids is 1. The Morgan fingerprint density at radius 1 is 1.14 bits per heavy atom. The number of aromatic nitrogens is 1. The molecule has 2 aliphatic rings. The van der Waals surface area contributed by atoms with E-state index in [-0.39, 0.29) is 5.91 Å². The van der Waals surface area contributed by atoms with E-state index >= 15 is 0 Å². The largest absolute Gasteiger partial charge is 0.346 e. The van der Waals surface area contributed by atoms with Gasteiger partial charge in [-0.15, -0.1) is 0 Å². The maximum absolute atomic E-state index is 13.3. The van der Waals surface area contributed by atoms with E-state index in [2.05, 4.69) is 28.7 Å². The molecule has 1 aliphatic carbocycles. The Bertz CT molecular complexity index is 880. The standard InChI is InChI=1S/C23H30N4O/c1-2-25-10-12-26(13-11-25)23(28)21-17-27(16-18-6-4-3-5-7-18)22-14-19(15-24)8-9-20(21)22/h8-9,14,17-18H,2-7,10-13,16H2,1H3. The minimum absolute atomic E-state index is 0.132. The minimum atomic E-state index is 0.132. The highest BCUT2D eigenvalue weighted by Crippen LogP contribution is 2.29. The first-order valence-electron chi connectivity index (χ1n) is 10.7. The van der Waals surface area contributed by atoms with Gasteiger partial charge in [-0.1, -0.05) is 32.3 Å². The molecule has 0 radical (unpaired) electrons. The maximum Gasteiger partial charge on any atom is 0.256 e. The molecule has 4 rings (SSSR count). The van der Waals surface area contributed by atoms with E-state index in [1.807, 2.05) is 23.1 Å². The van der Waals surface area contributed by atoms with Gasteiger partial charge in [-0.25, -0.2) is 0 Å². The fourth-order valence-corrected chi connectivity index (χ4v) is 4.77. The smallest absolute Gasteiger partial charge is 0.256 e. The highest BCUT2D eigenvalue weighted by Gasteiger charge is 2.25. The van der Waals surface area contributed by atoms with Crippen LogP contribution in [0.3, 0.4) is 0 Å². The third-order valence-corrected chi connectivity index (χ3v) is 6.53. The second kappa shape index (κ2) is 8.36. The molecule has 0 spiro atoms. The quantitative estimate of drug-likeness (QED) is 0.811. The van der Waals surface area contributed by atoms with E-state index in [0.29, 0.717) is 11.5 Å². The fraction of sp³-hybridized carbons (Fsp3) is 0.565. The van der Waals surface area contributed by atoms with Crippen LogP contribution in [0.4, 0.5) is 0 Å². The normalized spacial score (nSPS) is 19.1. The van der Waals surface area contributed by atoms with Crippen LogP contribution in [0.5, 0.6) is 0 Å². The lowest BCUT2D eigenvalue weighted by atomic mass is 9.89. The summed E-state index contributed by atoms with van der Waals surface area (Å²) < 4.78 is 2.24. The molecule has 28 heavy (non-hydrogen) atoms. The lowest BCUT2D eigenvalue weighted by Gasteiger charge is -2.34. The lowest BCUT2D eigenvalue weighted by Crippen LogP contribution is -2.48. The van der Waals surface area contributed by atoms with Crippen molar-refractivity contribution in [3.8, 4) is 6.07 Å². The highest BCUT2D eigenvalue weighted by atomic mass is 16.2. The van der Waals surface area contributed by atoms with Crippen molar-refractivity contribution in [2.75, 3.05) is 32.7 Å². The third-order valence-electron chi connectivity index (χ3n) is 6.53. The molecule has 2 fully saturated rings. The number of fused-ring (bicyclic) bond motifs is 1. The second-order valence-corrected chi connectivity index (χ2v) is 8.27. The zero-order valence-corrected chi connectivity index (χ0v) is 16.9. The molecule has 1 saturated heterocycles. The molecule has 0 bridgehead atoms. The Kier molecular flexibility index (Phi) is 5.68. The number of nitriles is 1. The van der Waals surface area contributed by atoms with Crippen molar-refractivity contribution in [2.45, 2.75) is 45.6 Å². The van der Waals surface area contributed by atoms with Crippen molar-refractivity contribution >= 4 is 16.8 Å². The van der Waals surface area contributed by atoms with Crippen molar-refractivity contribution in [2.24, 2.45) is 5.92 Å². The molecule has 1 aromatic carbocycles. The average Bonchev–Trinajstić information content (AvgIpc) is 3.11. The number of amides is 1. The Morgan fingerprint density at radius 3 is 2.57 bits per heavy atom. The molecule has 5 nitrogen and oxygen atoms in total. The molecule has 0 atom stereocenters. The maximum atomic E-state index is 13.3. The first-order chi connectivity index (χ1) is 13.7. The van der Waals surface area contributed by atoms with Crippen LogP contribution in [-0.2, 0) is 6.54 Å². The first kappa shape index (κ1) is 19.0. The Balaban J connectivity index is 1.64. The molecule has 5 heteroatoms. The SMILES string of the molecule is CCN1CCN(C(=O)c2cn(CC3CCCCC3)c3cc(C#N)ccc23)CC1. The summed E-state index contributed by atoms with van der Waals surface area (Å²) >= 11 is 0. The van der Waals surface area contributed by atoms with Crippen molar-refractivity contribution in [1.29, 1.82) is 5.26 Å². The number of rotatable bonds is 4. The molecule has 1 saturated carbocycles. The first-order valence-corrected chi connectivity index (χ1v) is 10.7. The van der Waals surface area contributed by atoms with Gasteiger partial charge in [0, 0.05) is 44.3 Å². The predicted octanol–water partition coefficient (Wildman–Crippen LogP) is 3.87. The average molecular weight is 379 g/mol. The summed E-state index contributed by atoms with van der Waals surface area (Å²) in [5, 5.41) is 10.3. The van der Waals surface area contributed by atoms with E-state index in [1.165, 1.54) is 32.1 Å². The highest BCUT2D eigenvalue weighted by molar-refractivity contribution is 6.07. The second-order valence-electron chi connectivity index (χ2n) is 8.27. The molecular weight excluding hydrogens is 348 g/mol. The molecule has 0 unspecified atom stereocenters. The summed E-state index contributed by atoms with van der Waals surface area (Å²) in [6.07, 6.45) is 8.53. The summed E-state index contributed by atoms with van der Waals surface area (Å²) in [6.45, 7) is 7.63. The van der Waals surface area contributed by atoms with Crippen molar-refractivity contribution in [3.63, 3.8) is 0 Å². The van der Waals surface area contributed by atoms with E-state index in [0.717, 1.165) is 55.7 Å². The number of nitrogens with zero attached hydrogens (tertiary/aromatic N) is 4. The van der Waals surface area contributed by atoms with Gasteiger partial charge in [-0.2, -0.15) is 5.26 Å². The van der Waals surface area contributed by atoms with Gasteiger partial charge >= 0.3 is 0 Å². The van der Waals surface area contributed by atoms with Gasteiger partial charge in [0.2, 0.25) is 0 Å². The molecular formula is C23H30N4O. The molecule has 0 N–H and O–H groups in total. The van der Waals surface area contributed by atoms with Gasteiger partial charge in [0.25, 0.3) is 5.91 Å². The number of carbonyl (C=O) groups is 1. The molecule has 2 aromatic rings. The Labute approximate surface area is 167 Å². The van der Waals surface area contributed by atoms with Gasteiger partial charge in [0.15, 0.2) is 0 Å². The Morgan fingerprint density at radius 2 is 1.89 bits per heavy atom. The molecule has 1 aromatic heterocycles. The third kappa shape index (κ3) is 3.79. The summed E-state index contributed by atoms with van der Waals surface area (Å²) in [5.74, 6) is 0.805. The van der Waals surface area contributed by atoms with E-state index < -0.39 is 0 Å². The van der Waals surface area contributed by atoms with Gasteiger partial charge in [-0.05, 0) is 37.4 Å². The van der Waals surface area contributed by atoms with Crippen LogP contribution >= 0.6 is 0 Å².